The number of carbonyl (C=O) groups is 1. The highest BCUT2D eigenvalue weighted by molar-refractivity contribution is 5.88. The first-order valence-corrected chi connectivity index (χ1v) is 6.75. The molecule has 3 rings (SSSR count). The van der Waals surface area contributed by atoms with Gasteiger partial charge in [0.2, 0.25) is 5.88 Å². The second-order valence-corrected chi connectivity index (χ2v) is 4.91. The molecule has 2 aromatic carbocycles. The van der Waals surface area contributed by atoms with Gasteiger partial charge >= 0.3 is 5.97 Å². The van der Waals surface area contributed by atoms with Crippen molar-refractivity contribution in [2.45, 2.75) is 6.92 Å². The van der Waals surface area contributed by atoms with Crippen LogP contribution in [0.3, 0.4) is 0 Å². The summed E-state index contributed by atoms with van der Waals surface area (Å²) in [5, 5.41) is 15.7. The number of nitrogens with one attached hydrogen (secondary N) is 1. The van der Waals surface area contributed by atoms with Gasteiger partial charge in [0.25, 0.3) is 0 Å². The topological polar surface area (TPSA) is 75.4 Å². The summed E-state index contributed by atoms with van der Waals surface area (Å²) in [6, 6.07) is 14.5. The number of aromatic nitrogens is 1. The molecule has 0 spiro atoms. The minimum absolute atomic E-state index is 0.275. The molecule has 0 fully saturated rings. The Morgan fingerprint density at radius 1 is 1.14 bits per heavy atom. The Balaban J connectivity index is 1.93. The normalized spacial score (nSPS) is 10.4. The number of carboxylic acids is 1. The van der Waals surface area contributed by atoms with E-state index in [1.165, 1.54) is 0 Å². The van der Waals surface area contributed by atoms with Gasteiger partial charge in [-0.1, -0.05) is 23.4 Å². The van der Waals surface area contributed by atoms with E-state index in [0.717, 1.165) is 22.4 Å². The molecule has 0 aliphatic rings. The fourth-order valence-electron chi connectivity index (χ4n) is 2.23. The van der Waals surface area contributed by atoms with Crippen LogP contribution in [0.5, 0.6) is 0 Å². The quantitative estimate of drug-likeness (QED) is 0.758. The zero-order valence-corrected chi connectivity index (χ0v) is 11.9. The van der Waals surface area contributed by atoms with Crippen molar-refractivity contribution in [3.05, 3.63) is 65.9 Å². The summed E-state index contributed by atoms with van der Waals surface area (Å²) in [4.78, 5) is 10.9. The average Bonchev–Trinajstić information content (AvgIpc) is 3.02. The van der Waals surface area contributed by atoms with E-state index >= 15 is 0 Å². The molecule has 0 aliphatic carbocycles. The first-order valence-electron chi connectivity index (χ1n) is 6.75. The lowest BCUT2D eigenvalue weighted by Crippen LogP contribution is -1.95. The van der Waals surface area contributed by atoms with E-state index in [4.69, 9.17) is 9.63 Å². The van der Waals surface area contributed by atoms with E-state index in [1.807, 2.05) is 37.3 Å². The van der Waals surface area contributed by atoms with E-state index < -0.39 is 5.97 Å². The van der Waals surface area contributed by atoms with Crippen LogP contribution in [0.4, 0.5) is 11.6 Å². The molecule has 3 aromatic rings. The van der Waals surface area contributed by atoms with Gasteiger partial charge in [-0.3, -0.25) is 0 Å². The predicted octanol–water partition coefficient (Wildman–Crippen LogP) is 4.09. The number of hydrogen-bond acceptors (Lipinski definition) is 4. The van der Waals surface area contributed by atoms with Crippen molar-refractivity contribution >= 4 is 17.5 Å². The predicted molar refractivity (Wildman–Crippen MR) is 83.4 cm³/mol. The van der Waals surface area contributed by atoms with E-state index in [2.05, 4.69) is 10.5 Å². The van der Waals surface area contributed by atoms with Crippen LogP contribution in [0.25, 0.3) is 11.1 Å². The van der Waals surface area contributed by atoms with Crippen LogP contribution in [0, 0.1) is 6.92 Å². The fraction of sp³-hybridized carbons (Fsp3) is 0.0588. The smallest absolute Gasteiger partial charge is 0.335 e. The minimum Gasteiger partial charge on any atom is -0.478 e. The standard InChI is InChI=1S/C17H14N2O3/c1-11-2-7-14(19-16-8-9-18-22-16)10-15(11)12-3-5-13(6-4-12)17(20)21/h2-10,19H,1H3,(H,20,21). The summed E-state index contributed by atoms with van der Waals surface area (Å²) < 4.78 is 5.03. The van der Waals surface area contributed by atoms with Gasteiger partial charge in [-0.15, -0.1) is 0 Å². The Morgan fingerprint density at radius 3 is 2.55 bits per heavy atom. The first-order chi connectivity index (χ1) is 10.6. The van der Waals surface area contributed by atoms with Crippen molar-refractivity contribution in [1.82, 2.24) is 5.16 Å². The highest BCUT2D eigenvalue weighted by atomic mass is 16.5. The molecule has 22 heavy (non-hydrogen) atoms. The first kappa shape index (κ1) is 13.9. The molecule has 0 amide bonds. The van der Waals surface area contributed by atoms with Gasteiger partial charge in [-0.25, -0.2) is 4.79 Å². The Bertz CT molecular complexity index is 793. The fourth-order valence-corrected chi connectivity index (χ4v) is 2.23. The summed E-state index contributed by atoms with van der Waals surface area (Å²) >= 11 is 0. The van der Waals surface area contributed by atoms with Crippen molar-refractivity contribution in [3.63, 3.8) is 0 Å². The van der Waals surface area contributed by atoms with E-state index in [-0.39, 0.29) is 5.56 Å². The van der Waals surface area contributed by atoms with Crippen LogP contribution >= 0.6 is 0 Å². The Hall–Kier alpha value is -3.08. The molecule has 5 heteroatoms. The summed E-state index contributed by atoms with van der Waals surface area (Å²) in [7, 11) is 0. The van der Waals surface area contributed by atoms with Gasteiger partial charge in [-0.2, -0.15) is 0 Å². The summed E-state index contributed by atoms with van der Waals surface area (Å²) in [6.45, 7) is 2.01. The summed E-state index contributed by atoms with van der Waals surface area (Å²) in [5.74, 6) is -0.361. The molecule has 5 nitrogen and oxygen atoms in total. The molecule has 1 aromatic heterocycles. The second-order valence-electron chi connectivity index (χ2n) is 4.91. The SMILES string of the molecule is Cc1ccc(Nc2ccno2)cc1-c1ccc(C(=O)O)cc1. The molecule has 0 unspecified atom stereocenters. The summed E-state index contributed by atoms with van der Waals surface area (Å²) in [5.41, 5.74) is 4.24. The third-order valence-corrected chi connectivity index (χ3v) is 3.39. The van der Waals surface area contributed by atoms with Crippen LogP contribution in [-0.4, -0.2) is 16.2 Å². The number of carboxylic acid groups (broad SMARTS) is 1. The lowest BCUT2D eigenvalue weighted by Gasteiger charge is -2.10. The van der Waals surface area contributed by atoms with E-state index in [9.17, 15) is 4.79 Å². The number of nitrogens with zero attached hydrogens (tertiary/aromatic N) is 1. The number of hydrogen-bond donors (Lipinski definition) is 2. The Morgan fingerprint density at radius 2 is 1.91 bits per heavy atom. The van der Waals surface area contributed by atoms with Crippen LogP contribution < -0.4 is 5.32 Å². The van der Waals surface area contributed by atoms with Gasteiger partial charge in [0, 0.05) is 11.8 Å². The number of rotatable bonds is 4. The maximum absolute atomic E-state index is 10.9. The highest BCUT2D eigenvalue weighted by Crippen LogP contribution is 2.28. The average molecular weight is 294 g/mol. The van der Waals surface area contributed by atoms with Gasteiger partial charge < -0.3 is 14.9 Å². The zero-order valence-electron chi connectivity index (χ0n) is 11.9. The third kappa shape index (κ3) is 2.83. The number of aryl methyl sites for hydroxylation is 1. The highest BCUT2D eigenvalue weighted by Gasteiger charge is 2.07. The zero-order chi connectivity index (χ0) is 15.5. The number of anilines is 2. The number of aromatic carboxylic acids is 1. The third-order valence-electron chi connectivity index (χ3n) is 3.39. The maximum Gasteiger partial charge on any atom is 0.335 e. The largest absolute Gasteiger partial charge is 0.478 e. The van der Waals surface area contributed by atoms with Crippen molar-refractivity contribution in [2.24, 2.45) is 0 Å². The lowest BCUT2D eigenvalue weighted by atomic mass is 9.99. The molecule has 1 heterocycles. The molecule has 0 saturated heterocycles. The van der Waals surface area contributed by atoms with E-state index in [0.29, 0.717) is 5.88 Å². The molecule has 2 N–H and O–H groups in total. The molecule has 0 saturated carbocycles. The van der Waals surface area contributed by atoms with Crippen molar-refractivity contribution in [2.75, 3.05) is 5.32 Å². The Labute approximate surface area is 127 Å². The van der Waals surface area contributed by atoms with Gasteiger partial charge in [0.15, 0.2) is 0 Å². The van der Waals surface area contributed by atoms with Gasteiger partial charge in [-0.05, 0) is 47.9 Å². The molecule has 0 atom stereocenters. The lowest BCUT2D eigenvalue weighted by molar-refractivity contribution is 0.0697. The number of benzene rings is 2. The molecular weight excluding hydrogens is 280 g/mol. The molecule has 0 aliphatic heterocycles. The monoisotopic (exact) mass is 294 g/mol. The van der Waals surface area contributed by atoms with E-state index in [1.54, 1.807) is 24.4 Å². The van der Waals surface area contributed by atoms with Crippen LogP contribution in [0.2, 0.25) is 0 Å². The van der Waals surface area contributed by atoms with Crippen molar-refractivity contribution in [3.8, 4) is 11.1 Å². The minimum atomic E-state index is -0.927. The van der Waals surface area contributed by atoms with Crippen molar-refractivity contribution < 1.29 is 14.4 Å². The van der Waals surface area contributed by atoms with Crippen LogP contribution in [0.15, 0.2) is 59.3 Å². The van der Waals surface area contributed by atoms with Crippen LogP contribution in [-0.2, 0) is 0 Å². The van der Waals surface area contributed by atoms with Crippen molar-refractivity contribution in [1.29, 1.82) is 0 Å². The molecule has 0 radical (unpaired) electrons. The maximum atomic E-state index is 10.9. The second kappa shape index (κ2) is 5.73. The molecule has 0 bridgehead atoms. The Kier molecular flexibility index (Phi) is 3.62. The summed E-state index contributed by atoms with van der Waals surface area (Å²) in [6.07, 6.45) is 1.57. The van der Waals surface area contributed by atoms with Gasteiger partial charge in [0.05, 0.1) is 11.8 Å². The van der Waals surface area contributed by atoms with Crippen LogP contribution in [0.1, 0.15) is 15.9 Å². The molecule has 110 valence electrons. The van der Waals surface area contributed by atoms with Gasteiger partial charge in [0.1, 0.15) is 0 Å². The molecular formula is C17H14N2O3.